The van der Waals surface area contributed by atoms with Crippen LogP contribution >= 0.6 is 11.6 Å². The van der Waals surface area contributed by atoms with Gasteiger partial charge in [0.15, 0.2) is 0 Å². The zero-order valence-corrected chi connectivity index (χ0v) is 13.1. The van der Waals surface area contributed by atoms with Crippen molar-refractivity contribution in [3.63, 3.8) is 0 Å². The molecule has 0 saturated carbocycles. The molecule has 0 atom stereocenters. The lowest BCUT2D eigenvalue weighted by Crippen LogP contribution is -2.14. The van der Waals surface area contributed by atoms with Gasteiger partial charge in [-0.25, -0.2) is 0 Å². The van der Waals surface area contributed by atoms with Crippen molar-refractivity contribution in [3.05, 3.63) is 64.2 Å². The molecule has 1 amide bonds. The summed E-state index contributed by atoms with van der Waals surface area (Å²) in [6.07, 6.45) is -4.06. The Kier molecular flexibility index (Phi) is 5.47. The van der Waals surface area contributed by atoms with Crippen LogP contribution in [-0.2, 0) is 17.4 Å². The van der Waals surface area contributed by atoms with Gasteiger partial charge in [-0.3, -0.25) is 4.79 Å². The third-order valence-corrected chi connectivity index (χ3v) is 3.61. The van der Waals surface area contributed by atoms with Gasteiger partial charge in [0, 0.05) is 12.1 Å². The maximum Gasteiger partial charge on any atom is 0.417 e. The fourth-order valence-corrected chi connectivity index (χ4v) is 2.27. The van der Waals surface area contributed by atoms with E-state index in [0.29, 0.717) is 12.0 Å². The zero-order chi connectivity index (χ0) is 17.7. The second-order valence-electron chi connectivity index (χ2n) is 5.05. The number of benzene rings is 2. The molecule has 1 N–H and O–H groups in total. The maximum absolute atomic E-state index is 12.8. The van der Waals surface area contributed by atoms with Crippen molar-refractivity contribution in [3.8, 4) is 6.07 Å². The van der Waals surface area contributed by atoms with Gasteiger partial charge in [-0.05, 0) is 42.3 Å². The van der Waals surface area contributed by atoms with Gasteiger partial charge in [-0.2, -0.15) is 18.4 Å². The Labute approximate surface area is 141 Å². The normalized spacial score (nSPS) is 11.0. The lowest BCUT2D eigenvalue weighted by Gasteiger charge is -2.11. The number of hydrogen-bond donors (Lipinski definition) is 1. The molecule has 0 aromatic heterocycles. The van der Waals surface area contributed by atoms with E-state index >= 15 is 0 Å². The van der Waals surface area contributed by atoms with E-state index in [4.69, 9.17) is 16.9 Å². The topological polar surface area (TPSA) is 52.9 Å². The van der Waals surface area contributed by atoms with Gasteiger partial charge in [0.25, 0.3) is 0 Å². The summed E-state index contributed by atoms with van der Waals surface area (Å²) in [4.78, 5) is 11.9. The summed E-state index contributed by atoms with van der Waals surface area (Å²) in [5.74, 6) is -0.408. The third-order valence-electron chi connectivity index (χ3n) is 3.28. The van der Waals surface area contributed by atoms with E-state index in [-0.39, 0.29) is 12.1 Å². The molecule has 2 rings (SSSR count). The quantitative estimate of drug-likeness (QED) is 0.859. The second-order valence-corrected chi connectivity index (χ2v) is 5.46. The molecule has 0 unspecified atom stereocenters. The summed E-state index contributed by atoms with van der Waals surface area (Å²) in [5, 5.41) is 10.7. The molecular formula is C17H12ClF3N2O. The number of aryl methyl sites for hydroxylation is 1. The fraction of sp³-hybridized carbons (Fsp3) is 0.176. The largest absolute Gasteiger partial charge is 0.417 e. The number of carbonyl (C=O) groups is 1. The highest BCUT2D eigenvalue weighted by atomic mass is 35.5. The molecule has 0 aliphatic carbocycles. The number of anilines is 1. The lowest BCUT2D eigenvalue weighted by molar-refractivity contribution is -0.137. The number of carbonyl (C=O) groups excluding carboxylic acids is 1. The predicted octanol–water partition coefficient (Wildman–Crippen LogP) is 4.80. The van der Waals surface area contributed by atoms with Gasteiger partial charge in [0.05, 0.1) is 22.2 Å². The number of hydrogen-bond acceptors (Lipinski definition) is 2. The van der Waals surface area contributed by atoms with Crippen LogP contribution in [-0.4, -0.2) is 5.91 Å². The smallest absolute Gasteiger partial charge is 0.326 e. The highest BCUT2D eigenvalue weighted by Gasteiger charge is 2.33. The fourth-order valence-electron chi connectivity index (χ4n) is 2.05. The van der Waals surface area contributed by atoms with Crippen molar-refractivity contribution in [2.45, 2.75) is 19.0 Å². The van der Waals surface area contributed by atoms with Crippen LogP contribution in [0.1, 0.15) is 23.1 Å². The van der Waals surface area contributed by atoms with E-state index in [0.717, 1.165) is 17.7 Å². The minimum absolute atomic E-state index is 0.0385. The number of alkyl halides is 3. The zero-order valence-electron chi connectivity index (χ0n) is 12.3. The number of rotatable bonds is 4. The number of halogens is 4. The molecule has 24 heavy (non-hydrogen) atoms. The average molecular weight is 353 g/mol. The Morgan fingerprint density at radius 1 is 1.17 bits per heavy atom. The molecular weight excluding hydrogens is 341 g/mol. The minimum atomic E-state index is -4.58. The van der Waals surface area contributed by atoms with Gasteiger partial charge in [0.1, 0.15) is 0 Å². The number of amides is 1. The molecule has 0 fully saturated rings. The van der Waals surface area contributed by atoms with Crippen LogP contribution in [0.3, 0.4) is 0 Å². The number of nitrogens with zero attached hydrogens (tertiary/aromatic N) is 1. The average Bonchev–Trinajstić information content (AvgIpc) is 2.54. The molecule has 7 heteroatoms. The molecule has 0 spiro atoms. The van der Waals surface area contributed by atoms with Gasteiger partial charge >= 0.3 is 6.18 Å². The van der Waals surface area contributed by atoms with Crippen molar-refractivity contribution < 1.29 is 18.0 Å². The Morgan fingerprint density at radius 2 is 1.83 bits per heavy atom. The molecule has 0 aliphatic heterocycles. The van der Waals surface area contributed by atoms with Crippen molar-refractivity contribution >= 4 is 23.2 Å². The summed E-state index contributed by atoms with van der Waals surface area (Å²) in [6, 6.07) is 12.0. The molecule has 2 aromatic rings. The first-order valence-corrected chi connectivity index (χ1v) is 7.33. The van der Waals surface area contributed by atoms with Gasteiger partial charge < -0.3 is 5.32 Å². The van der Waals surface area contributed by atoms with E-state index in [1.807, 2.05) is 6.07 Å². The standard InChI is InChI=1S/C17H12ClF3N2O/c18-15-7-6-13(9-14(15)17(19,20)21)23-16(24)8-5-11-1-3-12(10-22)4-2-11/h1-4,6-7,9H,5,8H2,(H,23,24). The van der Waals surface area contributed by atoms with E-state index < -0.39 is 22.7 Å². The van der Waals surface area contributed by atoms with Crippen LogP contribution in [0, 0.1) is 11.3 Å². The molecule has 124 valence electrons. The van der Waals surface area contributed by atoms with E-state index in [1.165, 1.54) is 6.07 Å². The van der Waals surface area contributed by atoms with Crippen LogP contribution in [0.4, 0.5) is 18.9 Å². The summed E-state index contributed by atoms with van der Waals surface area (Å²) in [7, 11) is 0. The molecule has 3 nitrogen and oxygen atoms in total. The van der Waals surface area contributed by atoms with Crippen molar-refractivity contribution in [2.75, 3.05) is 5.32 Å². The highest BCUT2D eigenvalue weighted by Crippen LogP contribution is 2.36. The van der Waals surface area contributed by atoms with Crippen molar-refractivity contribution in [2.24, 2.45) is 0 Å². The van der Waals surface area contributed by atoms with E-state index in [2.05, 4.69) is 5.32 Å². The monoisotopic (exact) mass is 352 g/mol. The summed E-state index contributed by atoms with van der Waals surface area (Å²) < 4.78 is 38.3. The van der Waals surface area contributed by atoms with Crippen LogP contribution < -0.4 is 5.32 Å². The first-order chi connectivity index (χ1) is 11.3. The van der Waals surface area contributed by atoms with Crippen molar-refractivity contribution in [1.82, 2.24) is 0 Å². The molecule has 0 bridgehead atoms. The predicted molar refractivity (Wildman–Crippen MR) is 84.6 cm³/mol. The SMILES string of the molecule is N#Cc1ccc(CCC(=O)Nc2ccc(Cl)c(C(F)(F)F)c2)cc1. The lowest BCUT2D eigenvalue weighted by atomic mass is 10.1. The molecule has 2 aromatic carbocycles. The summed E-state index contributed by atoms with van der Waals surface area (Å²) in [5.41, 5.74) is 0.422. The van der Waals surface area contributed by atoms with Gasteiger partial charge in [-0.15, -0.1) is 0 Å². The number of nitriles is 1. The van der Waals surface area contributed by atoms with Gasteiger partial charge in [-0.1, -0.05) is 23.7 Å². The van der Waals surface area contributed by atoms with Crippen LogP contribution in [0.2, 0.25) is 5.02 Å². The number of nitrogens with one attached hydrogen (secondary N) is 1. The molecule has 0 radical (unpaired) electrons. The van der Waals surface area contributed by atoms with Crippen LogP contribution in [0.5, 0.6) is 0 Å². The van der Waals surface area contributed by atoms with E-state index in [9.17, 15) is 18.0 Å². The van der Waals surface area contributed by atoms with Crippen molar-refractivity contribution in [1.29, 1.82) is 5.26 Å². The summed E-state index contributed by atoms with van der Waals surface area (Å²) >= 11 is 5.53. The highest BCUT2D eigenvalue weighted by molar-refractivity contribution is 6.31. The Hall–Kier alpha value is -2.52. The van der Waals surface area contributed by atoms with Gasteiger partial charge in [0.2, 0.25) is 5.91 Å². The van der Waals surface area contributed by atoms with Crippen LogP contribution in [0.25, 0.3) is 0 Å². The Bertz CT molecular complexity index is 780. The Morgan fingerprint density at radius 3 is 2.42 bits per heavy atom. The molecule has 0 saturated heterocycles. The maximum atomic E-state index is 12.8. The Balaban J connectivity index is 1.98. The summed E-state index contributed by atoms with van der Waals surface area (Å²) in [6.45, 7) is 0. The molecule has 0 aliphatic rings. The van der Waals surface area contributed by atoms with Crippen LogP contribution in [0.15, 0.2) is 42.5 Å². The third kappa shape index (κ3) is 4.74. The van der Waals surface area contributed by atoms with E-state index in [1.54, 1.807) is 24.3 Å². The first-order valence-electron chi connectivity index (χ1n) is 6.95. The molecule has 0 heterocycles. The second kappa shape index (κ2) is 7.37. The minimum Gasteiger partial charge on any atom is -0.326 e. The first kappa shape index (κ1) is 17.8.